The van der Waals surface area contributed by atoms with Crippen molar-refractivity contribution in [2.24, 2.45) is 0 Å². The number of thioether (sulfide) groups is 1. The maximum absolute atomic E-state index is 13.4. The van der Waals surface area contributed by atoms with Gasteiger partial charge in [-0.1, -0.05) is 11.8 Å². The SMILES string of the molecule is CC(C)OC1C=C(C(F)(F)F)c2cc3c(cc2N1)SC=CN3. The van der Waals surface area contributed by atoms with E-state index in [1.165, 1.54) is 17.8 Å². The summed E-state index contributed by atoms with van der Waals surface area (Å²) in [6.45, 7) is 3.57. The van der Waals surface area contributed by atoms with E-state index in [2.05, 4.69) is 10.6 Å². The first kappa shape index (κ1) is 15.3. The Morgan fingerprint density at radius 1 is 1.23 bits per heavy atom. The highest BCUT2D eigenvalue weighted by Gasteiger charge is 2.39. The van der Waals surface area contributed by atoms with Gasteiger partial charge in [0.2, 0.25) is 0 Å². The second-order valence-corrected chi connectivity index (χ2v) is 6.23. The fraction of sp³-hybridized carbons (Fsp3) is 0.333. The fourth-order valence-corrected chi connectivity index (χ4v) is 3.13. The first-order chi connectivity index (χ1) is 10.3. The van der Waals surface area contributed by atoms with Crippen molar-refractivity contribution in [3.63, 3.8) is 0 Å². The molecule has 1 aromatic carbocycles. The van der Waals surface area contributed by atoms with Gasteiger partial charge >= 0.3 is 6.18 Å². The van der Waals surface area contributed by atoms with Crippen molar-refractivity contribution in [3.05, 3.63) is 35.4 Å². The van der Waals surface area contributed by atoms with Crippen LogP contribution in [0.3, 0.4) is 0 Å². The predicted octanol–water partition coefficient (Wildman–Crippen LogP) is 4.80. The quantitative estimate of drug-likeness (QED) is 0.817. The molecule has 2 heterocycles. The zero-order valence-corrected chi connectivity index (χ0v) is 12.8. The van der Waals surface area contributed by atoms with Gasteiger partial charge < -0.3 is 15.4 Å². The van der Waals surface area contributed by atoms with E-state index in [-0.39, 0.29) is 11.7 Å². The number of nitrogens with one attached hydrogen (secondary N) is 2. The van der Waals surface area contributed by atoms with Crippen LogP contribution in [-0.2, 0) is 4.74 Å². The molecule has 3 rings (SSSR count). The molecule has 0 saturated heterocycles. The molecule has 0 saturated carbocycles. The van der Waals surface area contributed by atoms with Gasteiger partial charge in [-0.15, -0.1) is 0 Å². The summed E-state index contributed by atoms with van der Waals surface area (Å²) >= 11 is 1.46. The van der Waals surface area contributed by atoms with E-state index in [4.69, 9.17) is 4.74 Å². The standard InChI is InChI=1S/C15H15F3N2OS/c1-8(2)21-14-6-10(15(16,17)18)9-5-12-13(7-11(9)20-14)22-4-3-19-12/h3-8,14,19-20H,1-2H3. The van der Waals surface area contributed by atoms with Crippen LogP contribution in [0.1, 0.15) is 19.4 Å². The number of benzene rings is 1. The minimum absolute atomic E-state index is 0.137. The van der Waals surface area contributed by atoms with Crippen LogP contribution in [0.25, 0.3) is 5.57 Å². The van der Waals surface area contributed by atoms with E-state index in [1.807, 2.05) is 5.41 Å². The number of rotatable bonds is 2. The lowest BCUT2D eigenvalue weighted by Gasteiger charge is -2.30. The first-order valence-electron chi connectivity index (χ1n) is 6.82. The Morgan fingerprint density at radius 2 is 2.00 bits per heavy atom. The first-order valence-corrected chi connectivity index (χ1v) is 7.70. The third kappa shape index (κ3) is 2.96. The summed E-state index contributed by atoms with van der Waals surface area (Å²) in [6.07, 6.45) is -2.60. The Morgan fingerprint density at radius 3 is 2.68 bits per heavy atom. The summed E-state index contributed by atoms with van der Waals surface area (Å²) in [5.74, 6) is 0. The van der Waals surface area contributed by atoms with Crippen LogP contribution in [0.4, 0.5) is 24.5 Å². The van der Waals surface area contributed by atoms with E-state index in [0.29, 0.717) is 11.4 Å². The molecule has 2 aliphatic rings. The average Bonchev–Trinajstić information content (AvgIpc) is 2.42. The summed E-state index contributed by atoms with van der Waals surface area (Å²) in [5.41, 5.74) is 0.574. The molecular weight excluding hydrogens is 313 g/mol. The third-order valence-corrected chi connectivity index (χ3v) is 4.12. The van der Waals surface area contributed by atoms with Crippen LogP contribution in [-0.4, -0.2) is 18.5 Å². The van der Waals surface area contributed by atoms with Crippen LogP contribution < -0.4 is 10.6 Å². The number of halogens is 3. The Hall–Kier alpha value is -1.60. The molecule has 3 nitrogen and oxygen atoms in total. The van der Waals surface area contributed by atoms with Gasteiger partial charge in [-0.25, -0.2) is 0 Å². The highest BCUT2D eigenvalue weighted by molar-refractivity contribution is 8.02. The van der Waals surface area contributed by atoms with Gasteiger partial charge in [0.1, 0.15) is 6.23 Å². The van der Waals surface area contributed by atoms with Gasteiger partial charge in [-0.2, -0.15) is 13.2 Å². The molecule has 0 radical (unpaired) electrons. The molecule has 0 bridgehead atoms. The maximum Gasteiger partial charge on any atom is 0.416 e. The monoisotopic (exact) mass is 328 g/mol. The summed E-state index contributed by atoms with van der Waals surface area (Å²) < 4.78 is 45.6. The Labute approximate surface area is 130 Å². The normalized spacial score (nSPS) is 19.9. The Kier molecular flexibility index (Phi) is 3.86. The van der Waals surface area contributed by atoms with Crippen LogP contribution in [0, 0.1) is 0 Å². The number of ether oxygens (including phenoxy) is 1. The molecule has 1 aromatic rings. The zero-order chi connectivity index (χ0) is 15.9. The molecule has 0 aliphatic carbocycles. The van der Waals surface area contributed by atoms with Gasteiger partial charge in [0.15, 0.2) is 0 Å². The van der Waals surface area contributed by atoms with Gasteiger partial charge in [-0.3, -0.25) is 0 Å². The number of alkyl halides is 3. The third-order valence-electron chi connectivity index (χ3n) is 3.25. The predicted molar refractivity (Wildman–Crippen MR) is 82.7 cm³/mol. The Bertz CT molecular complexity index is 653. The largest absolute Gasteiger partial charge is 0.416 e. The van der Waals surface area contributed by atoms with Crippen LogP contribution in [0.15, 0.2) is 34.7 Å². The molecule has 7 heteroatoms. The van der Waals surface area contributed by atoms with Crippen LogP contribution >= 0.6 is 11.8 Å². The van der Waals surface area contributed by atoms with E-state index in [1.54, 1.807) is 26.1 Å². The molecule has 1 atom stereocenters. The van der Waals surface area contributed by atoms with Crippen molar-refractivity contribution < 1.29 is 17.9 Å². The van der Waals surface area contributed by atoms with Gasteiger partial charge in [0.25, 0.3) is 0 Å². The van der Waals surface area contributed by atoms with Crippen molar-refractivity contribution in [1.29, 1.82) is 0 Å². The highest BCUT2D eigenvalue weighted by atomic mass is 32.2. The minimum Gasteiger partial charge on any atom is -0.360 e. The van der Waals surface area contributed by atoms with Crippen molar-refractivity contribution in [2.75, 3.05) is 10.6 Å². The number of allylic oxidation sites excluding steroid dienone is 1. The molecular formula is C15H15F3N2OS. The topological polar surface area (TPSA) is 33.3 Å². The van der Waals surface area contributed by atoms with Crippen molar-refractivity contribution in [1.82, 2.24) is 0 Å². The molecule has 0 spiro atoms. The highest BCUT2D eigenvalue weighted by Crippen LogP contribution is 2.45. The molecule has 0 amide bonds. The molecule has 2 aliphatic heterocycles. The molecule has 0 fully saturated rings. The maximum atomic E-state index is 13.4. The van der Waals surface area contributed by atoms with Crippen LogP contribution in [0.2, 0.25) is 0 Å². The smallest absolute Gasteiger partial charge is 0.360 e. The molecule has 0 aromatic heterocycles. The van der Waals surface area contributed by atoms with E-state index in [0.717, 1.165) is 11.0 Å². The lowest BCUT2D eigenvalue weighted by atomic mass is 9.98. The number of hydrogen-bond acceptors (Lipinski definition) is 4. The van der Waals surface area contributed by atoms with Gasteiger partial charge in [-0.05, 0) is 37.5 Å². The zero-order valence-electron chi connectivity index (χ0n) is 12.0. The Balaban J connectivity index is 2.06. The molecule has 22 heavy (non-hydrogen) atoms. The molecule has 1 unspecified atom stereocenters. The second-order valence-electron chi connectivity index (χ2n) is 5.29. The van der Waals surface area contributed by atoms with E-state index >= 15 is 0 Å². The van der Waals surface area contributed by atoms with Crippen molar-refractivity contribution >= 4 is 28.7 Å². The van der Waals surface area contributed by atoms with Gasteiger partial charge in [0, 0.05) is 22.3 Å². The minimum atomic E-state index is -4.43. The number of hydrogen-bond donors (Lipinski definition) is 2. The van der Waals surface area contributed by atoms with Gasteiger partial charge in [0.05, 0.1) is 17.4 Å². The summed E-state index contributed by atoms with van der Waals surface area (Å²) in [5, 5.41) is 7.84. The number of anilines is 2. The molecule has 118 valence electrons. The van der Waals surface area contributed by atoms with Crippen molar-refractivity contribution in [2.45, 2.75) is 37.3 Å². The van der Waals surface area contributed by atoms with Crippen LogP contribution in [0.5, 0.6) is 0 Å². The molecule has 2 N–H and O–H groups in total. The lowest BCUT2D eigenvalue weighted by molar-refractivity contribution is -0.0702. The average molecular weight is 328 g/mol. The summed E-state index contributed by atoms with van der Waals surface area (Å²) in [6, 6.07) is 3.25. The lowest BCUT2D eigenvalue weighted by Crippen LogP contribution is -2.30. The second kappa shape index (κ2) is 5.55. The fourth-order valence-electron chi connectivity index (χ4n) is 2.41. The van der Waals surface area contributed by atoms with Crippen molar-refractivity contribution in [3.8, 4) is 0 Å². The number of fused-ring (bicyclic) bond motifs is 2. The van der Waals surface area contributed by atoms with E-state index < -0.39 is 18.0 Å². The summed E-state index contributed by atoms with van der Waals surface area (Å²) in [7, 11) is 0. The summed E-state index contributed by atoms with van der Waals surface area (Å²) in [4.78, 5) is 0.875. The van der Waals surface area contributed by atoms with E-state index in [9.17, 15) is 13.2 Å².